The van der Waals surface area contributed by atoms with Gasteiger partial charge in [0.05, 0.1) is 28.0 Å². The van der Waals surface area contributed by atoms with Gasteiger partial charge in [0.25, 0.3) is 11.6 Å². The van der Waals surface area contributed by atoms with Gasteiger partial charge in [0.2, 0.25) is 0 Å². The van der Waals surface area contributed by atoms with Crippen molar-refractivity contribution in [3.8, 4) is 0 Å². The predicted molar refractivity (Wildman–Crippen MR) is 75.9 cm³/mol. The average molecular weight is 309 g/mol. The minimum atomic E-state index is -0.691. The number of nitro groups is 1. The second kappa shape index (κ2) is 6.11. The van der Waals surface area contributed by atoms with Crippen molar-refractivity contribution in [2.75, 3.05) is 10.7 Å². The first-order valence-corrected chi connectivity index (χ1v) is 5.91. The number of carbonyl (C=O) groups excluding carboxylic acids is 1. The number of nitrogens with zero attached hydrogens (tertiary/aromatic N) is 3. The highest BCUT2D eigenvalue weighted by Gasteiger charge is 2.21. The van der Waals surface area contributed by atoms with Gasteiger partial charge in [0.15, 0.2) is 0 Å². The lowest BCUT2D eigenvalue weighted by Gasteiger charge is -2.08. The molecule has 1 aromatic heterocycles. The molecule has 0 atom stereocenters. The summed E-state index contributed by atoms with van der Waals surface area (Å²) in [5.74, 6) is 4.60. The molecule has 108 valence electrons. The number of aromatic nitrogens is 2. The molecule has 0 radical (unpaired) electrons. The Morgan fingerprint density at radius 1 is 1.33 bits per heavy atom. The number of hydrazine groups is 1. The topological polar surface area (TPSA) is 136 Å². The van der Waals surface area contributed by atoms with Crippen LogP contribution in [0.25, 0.3) is 0 Å². The number of hydrogen-bond donors (Lipinski definition) is 3. The maximum Gasteiger partial charge on any atom is 0.295 e. The number of rotatable bonds is 4. The summed E-state index contributed by atoms with van der Waals surface area (Å²) < 4.78 is 0. The molecular formula is C11H9ClN6O3. The number of nitrogens with one attached hydrogen (secondary N) is 2. The van der Waals surface area contributed by atoms with Crippen LogP contribution >= 0.6 is 11.6 Å². The molecule has 0 bridgehead atoms. The first-order chi connectivity index (χ1) is 10.0. The molecule has 1 heterocycles. The smallest absolute Gasteiger partial charge is 0.295 e. The van der Waals surface area contributed by atoms with Crippen LogP contribution in [-0.4, -0.2) is 20.8 Å². The van der Waals surface area contributed by atoms with E-state index in [2.05, 4.69) is 20.7 Å². The van der Waals surface area contributed by atoms with Crippen LogP contribution in [0.4, 0.5) is 17.1 Å². The third kappa shape index (κ3) is 3.22. The second-order valence-electron chi connectivity index (χ2n) is 3.83. The number of halogens is 1. The third-order valence-electron chi connectivity index (χ3n) is 2.49. The molecule has 0 fully saturated rings. The van der Waals surface area contributed by atoms with E-state index in [1.165, 1.54) is 24.8 Å². The van der Waals surface area contributed by atoms with Crippen LogP contribution in [0.1, 0.15) is 10.4 Å². The molecule has 0 spiro atoms. The average Bonchev–Trinajstić information content (AvgIpc) is 2.47. The Morgan fingerprint density at radius 3 is 2.57 bits per heavy atom. The van der Waals surface area contributed by atoms with Gasteiger partial charge in [-0.1, -0.05) is 11.6 Å². The summed E-state index contributed by atoms with van der Waals surface area (Å²) in [6.07, 6.45) is 4.08. The van der Waals surface area contributed by atoms with Crippen LogP contribution in [0, 0.1) is 10.1 Å². The van der Waals surface area contributed by atoms with Gasteiger partial charge >= 0.3 is 0 Å². The molecule has 0 aliphatic carbocycles. The fourth-order valence-corrected chi connectivity index (χ4v) is 1.85. The van der Waals surface area contributed by atoms with Crippen LogP contribution in [0.2, 0.25) is 5.02 Å². The van der Waals surface area contributed by atoms with Crippen molar-refractivity contribution in [3.05, 3.63) is 51.6 Å². The van der Waals surface area contributed by atoms with Crippen LogP contribution in [-0.2, 0) is 0 Å². The highest BCUT2D eigenvalue weighted by atomic mass is 35.5. The molecule has 1 aromatic carbocycles. The van der Waals surface area contributed by atoms with E-state index in [4.69, 9.17) is 17.4 Å². The Hall–Kier alpha value is -2.78. The molecule has 21 heavy (non-hydrogen) atoms. The van der Waals surface area contributed by atoms with E-state index < -0.39 is 16.5 Å². The maximum absolute atomic E-state index is 12.0. The fourth-order valence-electron chi connectivity index (χ4n) is 1.58. The molecule has 0 saturated heterocycles. The maximum atomic E-state index is 12.0. The molecule has 10 heteroatoms. The van der Waals surface area contributed by atoms with Crippen molar-refractivity contribution in [1.29, 1.82) is 0 Å². The van der Waals surface area contributed by atoms with Crippen LogP contribution in [0.3, 0.4) is 0 Å². The van der Waals surface area contributed by atoms with Crippen molar-refractivity contribution in [2.24, 2.45) is 5.84 Å². The lowest BCUT2D eigenvalue weighted by molar-refractivity contribution is -0.384. The predicted octanol–water partition coefficient (Wildman–Crippen LogP) is 1.58. The van der Waals surface area contributed by atoms with E-state index in [1.807, 2.05) is 0 Å². The summed E-state index contributed by atoms with van der Waals surface area (Å²) in [6, 6.07) is 2.34. The van der Waals surface area contributed by atoms with Crippen molar-refractivity contribution < 1.29 is 9.72 Å². The summed E-state index contributed by atoms with van der Waals surface area (Å²) >= 11 is 5.87. The van der Waals surface area contributed by atoms with Gasteiger partial charge < -0.3 is 10.7 Å². The quantitative estimate of drug-likeness (QED) is 0.443. The molecule has 0 unspecified atom stereocenters. The summed E-state index contributed by atoms with van der Waals surface area (Å²) in [5.41, 5.74) is 2.02. The van der Waals surface area contributed by atoms with E-state index in [0.29, 0.717) is 5.69 Å². The van der Waals surface area contributed by atoms with Crippen molar-refractivity contribution in [2.45, 2.75) is 0 Å². The van der Waals surface area contributed by atoms with Gasteiger partial charge in [0, 0.05) is 11.6 Å². The Balaban J connectivity index is 2.36. The minimum Gasteiger partial charge on any atom is -0.319 e. The van der Waals surface area contributed by atoms with Crippen molar-refractivity contribution in [1.82, 2.24) is 9.97 Å². The van der Waals surface area contributed by atoms with Gasteiger partial charge in [0.1, 0.15) is 12.0 Å². The molecular weight excluding hydrogens is 300 g/mol. The van der Waals surface area contributed by atoms with E-state index in [0.717, 1.165) is 6.07 Å². The number of nitrogen functional groups attached to an aromatic ring is 1. The van der Waals surface area contributed by atoms with Gasteiger partial charge in [-0.2, -0.15) is 0 Å². The summed E-state index contributed by atoms with van der Waals surface area (Å²) in [5, 5.41) is 13.4. The fraction of sp³-hybridized carbons (Fsp3) is 0. The summed E-state index contributed by atoms with van der Waals surface area (Å²) in [4.78, 5) is 29.8. The first kappa shape index (κ1) is 14.6. The van der Waals surface area contributed by atoms with Gasteiger partial charge in [-0.05, 0) is 6.07 Å². The highest BCUT2D eigenvalue weighted by Crippen LogP contribution is 2.33. The Bertz CT molecular complexity index is 694. The lowest BCUT2D eigenvalue weighted by Crippen LogP contribution is -2.15. The number of nitrogens with two attached hydrogens (primary N) is 1. The standard InChI is InChI=1S/C11H9ClN6O3/c12-8-1-6(2-9(18(20)21)10(8)17-13)11(19)16-7-3-14-5-15-4-7/h1-5,17H,13H2,(H,16,19). The van der Waals surface area contributed by atoms with Gasteiger partial charge in [-0.3, -0.25) is 20.8 Å². The van der Waals surface area contributed by atoms with E-state index >= 15 is 0 Å². The number of anilines is 2. The number of benzene rings is 1. The number of hydrogen-bond acceptors (Lipinski definition) is 7. The Morgan fingerprint density at radius 2 is 2.00 bits per heavy atom. The zero-order valence-electron chi connectivity index (χ0n) is 10.4. The van der Waals surface area contributed by atoms with Crippen LogP contribution in [0.5, 0.6) is 0 Å². The Labute approximate surface area is 123 Å². The monoisotopic (exact) mass is 308 g/mol. The van der Waals surface area contributed by atoms with Gasteiger partial charge in [-0.25, -0.2) is 9.97 Å². The highest BCUT2D eigenvalue weighted by molar-refractivity contribution is 6.34. The van der Waals surface area contributed by atoms with Crippen molar-refractivity contribution in [3.63, 3.8) is 0 Å². The molecule has 0 aliphatic rings. The van der Waals surface area contributed by atoms with Gasteiger partial charge in [-0.15, -0.1) is 0 Å². The zero-order chi connectivity index (χ0) is 15.4. The molecule has 1 amide bonds. The molecule has 4 N–H and O–H groups in total. The SMILES string of the molecule is NNc1c(Cl)cc(C(=O)Nc2cncnc2)cc1[N+](=O)[O-]. The minimum absolute atomic E-state index is 0.00885. The summed E-state index contributed by atoms with van der Waals surface area (Å²) in [7, 11) is 0. The largest absolute Gasteiger partial charge is 0.319 e. The lowest BCUT2D eigenvalue weighted by atomic mass is 10.1. The Kier molecular flexibility index (Phi) is 4.26. The molecule has 0 saturated carbocycles. The van der Waals surface area contributed by atoms with Crippen LogP contribution in [0.15, 0.2) is 30.9 Å². The van der Waals surface area contributed by atoms with E-state index in [9.17, 15) is 14.9 Å². The first-order valence-electron chi connectivity index (χ1n) is 5.54. The molecule has 2 rings (SSSR count). The zero-order valence-corrected chi connectivity index (χ0v) is 11.2. The van der Waals surface area contributed by atoms with Crippen molar-refractivity contribution >= 4 is 34.6 Å². The molecule has 2 aromatic rings. The number of amides is 1. The number of carbonyl (C=O) groups is 1. The van der Waals surface area contributed by atoms with Crippen LogP contribution < -0.4 is 16.6 Å². The number of nitro benzene ring substituents is 1. The second-order valence-corrected chi connectivity index (χ2v) is 4.24. The summed E-state index contributed by atoms with van der Waals surface area (Å²) in [6.45, 7) is 0. The third-order valence-corrected chi connectivity index (χ3v) is 2.79. The van der Waals surface area contributed by atoms with E-state index in [-0.39, 0.29) is 16.3 Å². The molecule has 0 aliphatic heterocycles. The normalized spacial score (nSPS) is 10.0. The molecule has 9 nitrogen and oxygen atoms in total. The van der Waals surface area contributed by atoms with E-state index in [1.54, 1.807) is 0 Å².